The van der Waals surface area contributed by atoms with E-state index < -0.39 is 0 Å². The van der Waals surface area contributed by atoms with Crippen molar-refractivity contribution in [3.8, 4) is 28.4 Å². The van der Waals surface area contributed by atoms with Crippen LogP contribution in [0.2, 0.25) is 0 Å². The van der Waals surface area contributed by atoms with Crippen LogP contribution in [-0.2, 0) is 0 Å². The van der Waals surface area contributed by atoms with Crippen LogP contribution in [0.3, 0.4) is 0 Å². The molecule has 0 unspecified atom stereocenters. The molecule has 4 rings (SSSR count). The number of piperazine rings is 1. The summed E-state index contributed by atoms with van der Waals surface area (Å²) in [5, 5.41) is 14.0. The number of aliphatic hydroxyl groups excluding tert-OH is 1. The topological polar surface area (TPSA) is 80.1 Å². The van der Waals surface area contributed by atoms with Crippen molar-refractivity contribution in [3.05, 3.63) is 60.3 Å². The number of para-hydroxylation sites is 1. The van der Waals surface area contributed by atoms with Crippen molar-refractivity contribution < 1.29 is 19.4 Å². The molecule has 1 amide bonds. The van der Waals surface area contributed by atoms with Gasteiger partial charge in [-0.3, -0.25) is 9.69 Å². The molecule has 0 saturated carbocycles. The number of β-amino-alcohol motifs (C(OH)–C–C–N with tert-alkyl or cyclic N) is 1. The number of aliphatic hydroxyl groups is 1. The number of benzene rings is 2. The van der Waals surface area contributed by atoms with Gasteiger partial charge >= 0.3 is 0 Å². The second-order valence-corrected chi connectivity index (χ2v) is 7.60. The Labute approximate surface area is 187 Å². The van der Waals surface area contributed by atoms with Crippen molar-refractivity contribution in [3.63, 3.8) is 0 Å². The monoisotopic (exact) mass is 436 g/mol. The van der Waals surface area contributed by atoms with Gasteiger partial charge in [-0.25, -0.2) is 4.68 Å². The largest absolute Gasteiger partial charge is 0.497 e. The van der Waals surface area contributed by atoms with E-state index in [-0.39, 0.29) is 12.5 Å². The van der Waals surface area contributed by atoms with E-state index in [0.29, 0.717) is 48.0 Å². The molecule has 0 atom stereocenters. The summed E-state index contributed by atoms with van der Waals surface area (Å²) in [6, 6.07) is 15.2. The summed E-state index contributed by atoms with van der Waals surface area (Å²) in [5.74, 6) is 1.20. The number of hydrogen-bond acceptors (Lipinski definition) is 6. The Bertz CT molecular complexity index is 1060. The zero-order chi connectivity index (χ0) is 22.5. The van der Waals surface area contributed by atoms with E-state index in [4.69, 9.17) is 14.6 Å². The molecule has 1 fully saturated rings. The van der Waals surface area contributed by atoms with Crippen LogP contribution in [0, 0.1) is 0 Å². The van der Waals surface area contributed by atoms with Gasteiger partial charge in [0.25, 0.3) is 5.91 Å². The summed E-state index contributed by atoms with van der Waals surface area (Å²) in [4.78, 5) is 17.6. The van der Waals surface area contributed by atoms with Crippen LogP contribution in [0.4, 0.5) is 0 Å². The molecule has 0 spiro atoms. The first kappa shape index (κ1) is 21.9. The number of carbonyl (C=O) groups is 1. The van der Waals surface area contributed by atoms with Crippen molar-refractivity contribution in [1.82, 2.24) is 19.6 Å². The van der Waals surface area contributed by atoms with Crippen LogP contribution >= 0.6 is 0 Å². The smallest absolute Gasteiger partial charge is 0.257 e. The SMILES string of the molecule is COc1ccc(OC)c(-c2nn(-c3ccccc3)cc2C(=O)N2CCN(CCO)CC2)c1. The third-order valence-electron chi connectivity index (χ3n) is 5.70. The molecule has 0 aliphatic carbocycles. The van der Waals surface area contributed by atoms with E-state index in [1.54, 1.807) is 25.1 Å². The molecular weight excluding hydrogens is 408 g/mol. The van der Waals surface area contributed by atoms with E-state index >= 15 is 0 Å². The summed E-state index contributed by atoms with van der Waals surface area (Å²) in [6.07, 6.45) is 1.78. The molecule has 1 aromatic heterocycles. The van der Waals surface area contributed by atoms with E-state index in [2.05, 4.69) is 4.90 Å². The Kier molecular flexibility index (Phi) is 6.72. The van der Waals surface area contributed by atoms with Gasteiger partial charge in [-0.05, 0) is 30.3 Å². The normalized spacial score (nSPS) is 14.4. The van der Waals surface area contributed by atoms with E-state index in [9.17, 15) is 9.90 Å². The number of ether oxygens (including phenoxy) is 2. The van der Waals surface area contributed by atoms with Crippen LogP contribution in [-0.4, -0.2) is 84.1 Å². The van der Waals surface area contributed by atoms with Crippen molar-refractivity contribution in [2.75, 3.05) is 53.6 Å². The average Bonchev–Trinajstić information content (AvgIpc) is 3.30. The molecule has 32 heavy (non-hydrogen) atoms. The summed E-state index contributed by atoms with van der Waals surface area (Å²) in [6.45, 7) is 3.42. The van der Waals surface area contributed by atoms with Gasteiger partial charge < -0.3 is 19.5 Å². The molecule has 3 aromatic rings. The second kappa shape index (κ2) is 9.84. The molecule has 1 aliphatic heterocycles. The Morgan fingerprint density at radius 3 is 2.44 bits per heavy atom. The molecule has 1 saturated heterocycles. The van der Waals surface area contributed by atoms with Gasteiger partial charge in [-0.2, -0.15) is 5.10 Å². The van der Waals surface area contributed by atoms with Gasteiger partial charge in [0.15, 0.2) is 0 Å². The number of nitrogens with zero attached hydrogens (tertiary/aromatic N) is 4. The first-order valence-electron chi connectivity index (χ1n) is 10.6. The molecule has 1 aliphatic rings. The predicted molar refractivity (Wildman–Crippen MR) is 122 cm³/mol. The first-order chi connectivity index (χ1) is 15.6. The van der Waals surface area contributed by atoms with E-state index in [0.717, 1.165) is 18.8 Å². The number of amides is 1. The highest BCUT2D eigenvalue weighted by atomic mass is 16.5. The van der Waals surface area contributed by atoms with Gasteiger partial charge in [-0.15, -0.1) is 0 Å². The third kappa shape index (κ3) is 4.46. The van der Waals surface area contributed by atoms with Crippen molar-refractivity contribution >= 4 is 5.91 Å². The Hall–Kier alpha value is -3.36. The number of carbonyl (C=O) groups excluding carboxylic acids is 1. The molecule has 0 bridgehead atoms. The Balaban J connectivity index is 1.75. The van der Waals surface area contributed by atoms with Gasteiger partial charge in [0.2, 0.25) is 0 Å². The minimum absolute atomic E-state index is 0.0734. The number of rotatable bonds is 7. The quantitative estimate of drug-likeness (QED) is 0.612. The molecule has 2 heterocycles. The Morgan fingerprint density at radius 1 is 1.03 bits per heavy atom. The van der Waals surface area contributed by atoms with E-state index in [1.165, 1.54) is 0 Å². The third-order valence-corrected chi connectivity index (χ3v) is 5.70. The van der Waals surface area contributed by atoms with Crippen molar-refractivity contribution in [1.29, 1.82) is 0 Å². The maximum Gasteiger partial charge on any atom is 0.257 e. The van der Waals surface area contributed by atoms with Gasteiger partial charge in [0, 0.05) is 44.5 Å². The Morgan fingerprint density at radius 2 is 1.78 bits per heavy atom. The fourth-order valence-electron chi connectivity index (χ4n) is 3.93. The highest BCUT2D eigenvalue weighted by Crippen LogP contribution is 2.35. The highest BCUT2D eigenvalue weighted by Gasteiger charge is 2.28. The number of hydrogen-bond donors (Lipinski definition) is 1. The fraction of sp³-hybridized carbons (Fsp3) is 0.333. The van der Waals surface area contributed by atoms with Gasteiger partial charge in [0.1, 0.15) is 17.2 Å². The maximum absolute atomic E-state index is 13.6. The lowest BCUT2D eigenvalue weighted by molar-refractivity contribution is 0.0615. The zero-order valence-corrected chi connectivity index (χ0v) is 18.4. The summed E-state index contributed by atoms with van der Waals surface area (Å²) < 4.78 is 12.7. The predicted octanol–water partition coefficient (Wildman–Crippen LogP) is 2.31. The summed E-state index contributed by atoms with van der Waals surface area (Å²) in [5.41, 5.74) is 2.62. The molecule has 2 aromatic carbocycles. The highest BCUT2D eigenvalue weighted by molar-refractivity contribution is 6.00. The lowest BCUT2D eigenvalue weighted by Gasteiger charge is -2.34. The van der Waals surface area contributed by atoms with Crippen LogP contribution < -0.4 is 9.47 Å². The molecule has 0 radical (unpaired) electrons. The van der Waals surface area contributed by atoms with Gasteiger partial charge in [0.05, 0.1) is 32.1 Å². The summed E-state index contributed by atoms with van der Waals surface area (Å²) >= 11 is 0. The first-order valence-corrected chi connectivity index (χ1v) is 10.6. The number of methoxy groups -OCH3 is 2. The summed E-state index contributed by atoms with van der Waals surface area (Å²) in [7, 11) is 3.20. The zero-order valence-electron chi connectivity index (χ0n) is 18.4. The molecular formula is C24H28N4O4. The fourth-order valence-corrected chi connectivity index (χ4v) is 3.93. The van der Waals surface area contributed by atoms with Crippen LogP contribution in [0.15, 0.2) is 54.7 Å². The lowest BCUT2D eigenvalue weighted by atomic mass is 10.1. The maximum atomic E-state index is 13.6. The average molecular weight is 437 g/mol. The van der Waals surface area contributed by atoms with Gasteiger partial charge in [-0.1, -0.05) is 18.2 Å². The number of aromatic nitrogens is 2. The molecule has 8 nitrogen and oxygen atoms in total. The molecule has 168 valence electrons. The van der Waals surface area contributed by atoms with Crippen molar-refractivity contribution in [2.24, 2.45) is 0 Å². The minimum atomic E-state index is -0.0734. The second-order valence-electron chi connectivity index (χ2n) is 7.60. The molecule has 8 heteroatoms. The van der Waals surface area contributed by atoms with E-state index in [1.807, 2.05) is 53.4 Å². The minimum Gasteiger partial charge on any atom is -0.497 e. The van der Waals surface area contributed by atoms with Crippen LogP contribution in [0.5, 0.6) is 11.5 Å². The van der Waals surface area contributed by atoms with Crippen molar-refractivity contribution in [2.45, 2.75) is 0 Å². The van der Waals surface area contributed by atoms with Crippen LogP contribution in [0.25, 0.3) is 16.9 Å². The molecule has 1 N–H and O–H groups in total. The lowest BCUT2D eigenvalue weighted by Crippen LogP contribution is -2.49. The standard InChI is InChI=1S/C24H28N4O4/c1-31-19-8-9-22(32-2)20(16-19)23-21(17-28(25-23)18-6-4-3-5-7-18)24(30)27-12-10-26(11-13-27)14-15-29/h3-9,16-17,29H,10-15H2,1-2H3. The van der Waals surface area contributed by atoms with Crippen LogP contribution in [0.1, 0.15) is 10.4 Å².